The fourth-order valence-electron chi connectivity index (χ4n) is 1.72. The molecule has 0 spiro atoms. The van der Waals surface area contributed by atoms with Gasteiger partial charge in [-0.05, 0) is 24.3 Å². The van der Waals surface area contributed by atoms with Gasteiger partial charge in [-0.25, -0.2) is 0 Å². The van der Waals surface area contributed by atoms with E-state index in [1.54, 1.807) is 6.07 Å². The number of benzene rings is 1. The maximum Gasteiger partial charge on any atom is 0.274 e. The van der Waals surface area contributed by atoms with E-state index in [2.05, 4.69) is 26.1 Å². The molecule has 0 fully saturated rings. The SMILES string of the molecule is CCc1ccc(NCCC(C)(C)C)cc1[N+](=O)[O-]. The van der Waals surface area contributed by atoms with Crippen LogP contribution in [-0.4, -0.2) is 11.5 Å². The Morgan fingerprint density at radius 2 is 2.00 bits per heavy atom. The molecule has 0 amide bonds. The number of rotatable bonds is 5. The molecular weight excluding hydrogens is 228 g/mol. The van der Waals surface area contributed by atoms with E-state index in [0.29, 0.717) is 6.42 Å². The number of anilines is 1. The van der Waals surface area contributed by atoms with Gasteiger partial charge in [0.05, 0.1) is 4.92 Å². The van der Waals surface area contributed by atoms with Crippen molar-refractivity contribution in [3.8, 4) is 0 Å². The third kappa shape index (κ3) is 4.35. The Morgan fingerprint density at radius 1 is 1.33 bits per heavy atom. The van der Waals surface area contributed by atoms with E-state index in [0.717, 1.165) is 24.2 Å². The summed E-state index contributed by atoms with van der Waals surface area (Å²) in [5.74, 6) is 0. The molecule has 0 saturated heterocycles. The molecule has 0 aromatic heterocycles. The van der Waals surface area contributed by atoms with Gasteiger partial charge in [0.25, 0.3) is 5.69 Å². The van der Waals surface area contributed by atoms with Gasteiger partial charge in [-0.15, -0.1) is 0 Å². The molecule has 1 aromatic rings. The van der Waals surface area contributed by atoms with Crippen LogP contribution in [0, 0.1) is 15.5 Å². The molecule has 0 saturated carbocycles. The Morgan fingerprint density at radius 3 is 2.50 bits per heavy atom. The van der Waals surface area contributed by atoms with E-state index in [4.69, 9.17) is 0 Å². The van der Waals surface area contributed by atoms with Crippen LogP contribution < -0.4 is 5.32 Å². The highest BCUT2D eigenvalue weighted by atomic mass is 16.6. The van der Waals surface area contributed by atoms with Gasteiger partial charge >= 0.3 is 0 Å². The van der Waals surface area contributed by atoms with Crippen LogP contribution in [0.4, 0.5) is 11.4 Å². The summed E-state index contributed by atoms with van der Waals surface area (Å²) in [6, 6.07) is 5.37. The standard InChI is InChI=1S/C14H22N2O2/c1-5-11-6-7-12(10-13(11)16(17)18)15-9-8-14(2,3)4/h6-7,10,15H,5,8-9H2,1-4H3. The molecule has 4 nitrogen and oxygen atoms in total. The molecule has 0 aliphatic carbocycles. The monoisotopic (exact) mass is 250 g/mol. The van der Waals surface area contributed by atoms with Gasteiger partial charge in [-0.3, -0.25) is 10.1 Å². The third-order valence-corrected chi connectivity index (χ3v) is 2.87. The van der Waals surface area contributed by atoms with Gasteiger partial charge < -0.3 is 5.32 Å². The van der Waals surface area contributed by atoms with Gasteiger partial charge in [0.1, 0.15) is 0 Å². The molecular formula is C14H22N2O2. The minimum Gasteiger partial charge on any atom is -0.385 e. The lowest BCUT2D eigenvalue weighted by molar-refractivity contribution is -0.385. The molecule has 18 heavy (non-hydrogen) atoms. The lowest BCUT2D eigenvalue weighted by atomic mass is 9.92. The Kier molecular flexibility index (Phi) is 4.70. The molecule has 4 heteroatoms. The lowest BCUT2D eigenvalue weighted by Gasteiger charge is -2.18. The molecule has 0 heterocycles. The Hall–Kier alpha value is -1.58. The summed E-state index contributed by atoms with van der Waals surface area (Å²) >= 11 is 0. The Bertz CT molecular complexity index is 422. The zero-order chi connectivity index (χ0) is 13.8. The smallest absolute Gasteiger partial charge is 0.274 e. The number of hydrogen-bond donors (Lipinski definition) is 1. The first-order valence-electron chi connectivity index (χ1n) is 6.34. The van der Waals surface area contributed by atoms with Crippen molar-refractivity contribution in [1.29, 1.82) is 0 Å². The highest BCUT2D eigenvalue weighted by Gasteiger charge is 2.13. The van der Waals surface area contributed by atoms with E-state index >= 15 is 0 Å². The largest absolute Gasteiger partial charge is 0.385 e. The highest BCUT2D eigenvalue weighted by Crippen LogP contribution is 2.24. The molecule has 0 radical (unpaired) electrons. The normalized spacial score (nSPS) is 11.3. The third-order valence-electron chi connectivity index (χ3n) is 2.87. The van der Waals surface area contributed by atoms with Crippen molar-refractivity contribution < 1.29 is 4.92 Å². The number of hydrogen-bond acceptors (Lipinski definition) is 3. The Balaban J connectivity index is 2.73. The number of nitrogens with zero attached hydrogens (tertiary/aromatic N) is 1. The van der Waals surface area contributed by atoms with Crippen LogP contribution >= 0.6 is 0 Å². The minimum absolute atomic E-state index is 0.207. The maximum atomic E-state index is 10.9. The quantitative estimate of drug-likeness (QED) is 0.634. The van der Waals surface area contributed by atoms with Crippen LogP contribution in [0.3, 0.4) is 0 Å². The molecule has 0 bridgehead atoms. The fourth-order valence-corrected chi connectivity index (χ4v) is 1.72. The zero-order valence-corrected chi connectivity index (χ0v) is 11.6. The Labute approximate surface area is 109 Å². The minimum atomic E-state index is -0.312. The van der Waals surface area contributed by atoms with Crippen LogP contribution in [0.5, 0.6) is 0 Å². The van der Waals surface area contributed by atoms with Gasteiger partial charge in [0.2, 0.25) is 0 Å². The van der Waals surface area contributed by atoms with Crippen molar-refractivity contribution in [2.45, 2.75) is 40.5 Å². The fraction of sp³-hybridized carbons (Fsp3) is 0.571. The lowest BCUT2D eigenvalue weighted by Crippen LogP contribution is -2.13. The first kappa shape index (κ1) is 14.5. The van der Waals surface area contributed by atoms with Crippen molar-refractivity contribution in [3.05, 3.63) is 33.9 Å². The van der Waals surface area contributed by atoms with E-state index in [-0.39, 0.29) is 16.0 Å². The zero-order valence-electron chi connectivity index (χ0n) is 11.6. The topological polar surface area (TPSA) is 55.2 Å². The van der Waals surface area contributed by atoms with Gasteiger partial charge in [-0.2, -0.15) is 0 Å². The van der Waals surface area contributed by atoms with Crippen molar-refractivity contribution in [3.63, 3.8) is 0 Å². The van der Waals surface area contributed by atoms with Crippen LogP contribution in [0.25, 0.3) is 0 Å². The predicted octanol–water partition coefficient (Wildman–Crippen LogP) is 4.01. The number of nitro groups is 1. The number of aryl methyl sites for hydroxylation is 1. The van der Waals surface area contributed by atoms with Crippen molar-refractivity contribution in [1.82, 2.24) is 0 Å². The molecule has 0 unspecified atom stereocenters. The molecule has 1 aromatic carbocycles. The van der Waals surface area contributed by atoms with E-state index in [1.165, 1.54) is 0 Å². The van der Waals surface area contributed by atoms with Crippen molar-refractivity contribution >= 4 is 11.4 Å². The second kappa shape index (κ2) is 5.85. The summed E-state index contributed by atoms with van der Waals surface area (Å²) < 4.78 is 0. The first-order chi connectivity index (χ1) is 8.33. The molecule has 0 aliphatic rings. The maximum absolute atomic E-state index is 10.9. The summed E-state index contributed by atoms with van der Waals surface area (Å²) in [4.78, 5) is 10.6. The van der Waals surface area contributed by atoms with Crippen LogP contribution in [0.1, 0.15) is 39.7 Å². The van der Waals surface area contributed by atoms with E-state index < -0.39 is 0 Å². The van der Waals surface area contributed by atoms with Crippen LogP contribution in [0.15, 0.2) is 18.2 Å². The van der Waals surface area contributed by atoms with Crippen LogP contribution in [0.2, 0.25) is 0 Å². The van der Waals surface area contributed by atoms with Crippen molar-refractivity contribution in [2.75, 3.05) is 11.9 Å². The summed E-state index contributed by atoms with van der Waals surface area (Å²) in [6.07, 6.45) is 1.70. The van der Waals surface area contributed by atoms with Crippen molar-refractivity contribution in [2.24, 2.45) is 5.41 Å². The molecule has 0 aliphatic heterocycles. The molecule has 100 valence electrons. The van der Waals surface area contributed by atoms with Gasteiger partial charge in [0, 0.05) is 23.9 Å². The van der Waals surface area contributed by atoms with E-state index in [9.17, 15) is 10.1 Å². The second-order valence-electron chi connectivity index (χ2n) is 5.69. The highest BCUT2D eigenvalue weighted by molar-refractivity contribution is 5.55. The van der Waals surface area contributed by atoms with E-state index in [1.807, 2.05) is 19.1 Å². The van der Waals surface area contributed by atoms with Crippen LogP contribution in [-0.2, 0) is 6.42 Å². The molecule has 1 rings (SSSR count). The second-order valence-corrected chi connectivity index (χ2v) is 5.69. The molecule has 1 N–H and O–H groups in total. The average Bonchev–Trinajstić information content (AvgIpc) is 2.27. The summed E-state index contributed by atoms with van der Waals surface area (Å²) in [5, 5.41) is 14.2. The predicted molar refractivity (Wildman–Crippen MR) is 75.0 cm³/mol. The van der Waals surface area contributed by atoms with Gasteiger partial charge in [-0.1, -0.05) is 33.8 Å². The molecule has 0 atom stereocenters. The summed E-state index contributed by atoms with van der Waals surface area (Å²) in [6.45, 7) is 9.28. The number of nitro benzene ring substituents is 1. The average molecular weight is 250 g/mol. The first-order valence-corrected chi connectivity index (χ1v) is 6.34. The number of nitrogens with one attached hydrogen (secondary N) is 1. The summed E-state index contributed by atoms with van der Waals surface area (Å²) in [5.41, 5.74) is 2.07. The van der Waals surface area contributed by atoms with Gasteiger partial charge in [0.15, 0.2) is 0 Å². The summed E-state index contributed by atoms with van der Waals surface area (Å²) in [7, 11) is 0.